The molecule has 0 heterocycles. The minimum absolute atomic E-state index is 0.263. The summed E-state index contributed by atoms with van der Waals surface area (Å²) in [5, 5.41) is 7.65. The Hall–Kier alpha value is -1.11. The maximum absolute atomic E-state index is 10.8. The number of hydrogen-bond acceptors (Lipinski definition) is 3. The molecule has 0 atom stereocenters. The second-order valence-corrected chi connectivity index (χ2v) is 3.23. The highest BCUT2D eigenvalue weighted by Gasteiger charge is 1.98. The molecule has 0 bridgehead atoms. The standard InChI is InChI=1S/C7H8N2O.CH2OS2/c8-9-7(10)6-4-2-1-3-5-6;2-1(3)4/h1-5H,8H2,(H,9,10);(H2,2,3,4). The van der Waals surface area contributed by atoms with Gasteiger partial charge in [0.25, 0.3) is 5.91 Å². The van der Waals surface area contributed by atoms with Gasteiger partial charge < -0.3 is 5.11 Å². The van der Waals surface area contributed by atoms with Crippen LogP contribution in [-0.4, -0.2) is 15.4 Å². The number of nitrogen functional groups attached to an aromatic ring is 1. The van der Waals surface area contributed by atoms with E-state index < -0.39 is 0 Å². The maximum atomic E-state index is 10.8. The normalized spacial score (nSPS) is 8.14. The van der Waals surface area contributed by atoms with Crippen molar-refractivity contribution in [3.05, 3.63) is 35.9 Å². The molecule has 1 aromatic rings. The Balaban J connectivity index is 0.000000364. The Morgan fingerprint density at radius 3 is 2.21 bits per heavy atom. The number of nitrogens with two attached hydrogens (primary N) is 1. The van der Waals surface area contributed by atoms with Crippen LogP contribution in [0, 0.1) is 0 Å². The topological polar surface area (TPSA) is 75.3 Å². The number of hydrogen-bond donors (Lipinski definition) is 4. The van der Waals surface area contributed by atoms with Gasteiger partial charge in [0.2, 0.25) is 4.38 Å². The predicted octanol–water partition coefficient (Wildman–Crippen LogP) is 1.05. The molecular weight excluding hydrogens is 220 g/mol. The summed E-state index contributed by atoms with van der Waals surface area (Å²) in [7, 11) is 0. The number of hydrazine groups is 1. The summed E-state index contributed by atoms with van der Waals surface area (Å²) in [5.41, 5.74) is 2.62. The van der Waals surface area contributed by atoms with E-state index in [1.165, 1.54) is 0 Å². The van der Waals surface area contributed by atoms with Crippen LogP contribution in [-0.2, 0) is 0 Å². The van der Waals surface area contributed by atoms with Crippen LogP contribution < -0.4 is 11.3 Å². The van der Waals surface area contributed by atoms with Gasteiger partial charge in [0.1, 0.15) is 0 Å². The minimum Gasteiger partial charge on any atom is -0.494 e. The smallest absolute Gasteiger partial charge is 0.265 e. The molecule has 0 fully saturated rings. The molecule has 76 valence electrons. The Morgan fingerprint density at radius 1 is 1.43 bits per heavy atom. The highest BCUT2D eigenvalue weighted by molar-refractivity contribution is 8.10. The SMILES string of the molecule is NNC(=O)c1ccccc1.OC(=S)S. The van der Waals surface area contributed by atoms with E-state index >= 15 is 0 Å². The predicted molar refractivity (Wildman–Crippen MR) is 62.3 cm³/mol. The molecule has 4 N–H and O–H groups in total. The fourth-order valence-electron chi connectivity index (χ4n) is 0.673. The number of nitrogens with one attached hydrogen (secondary N) is 1. The Labute approximate surface area is 92.5 Å². The molecule has 0 radical (unpaired) electrons. The van der Waals surface area contributed by atoms with Gasteiger partial charge in [0.15, 0.2) is 0 Å². The van der Waals surface area contributed by atoms with Crippen LogP contribution in [0.5, 0.6) is 0 Å². The van der Waals surface area contributed by atoms with E-state index in [9.17, 15) is 4.79 Å². The van der Waals surface area contributed by atoms with Crippen molar-refractivity contribution in [3.63, 3.8) is 0 Å². The van der Waals surface area contributed by atoms with Crippen LogP contribution in [0.15, 0.2) is 30.3 Å². The zero-order valence-electron chi connectivity index (χ0n) is 7.18. The highest BCUT2D eigenvalue weighted by Crippen LogP contribution is 1.95. The summed E-state index contributed by atoms with van der Waals surface area (Å²) in [6.45, 7) is 0. The first-order chi connectivity index (χ1) is 6.57. The van der Waals surface area contributed by atoms with Gasteiger partial charge >= 0.3 is 0 Å². The Kier molecular flexibility index (Phi) is 6.73. The molecule has 0 saturated carbocycles. The largest absolute Gasteiger partial charge is 0.494 e. The molecule has 1 amide bonds. The van der Waals surface area contributed by atoms with E-state index in [0.29, 0.717) is 5.56 Å². The van der Waals surface area contributed by atoms with Gasteiger partial charge in [-0.2, -0.15) is 0 Å². The molecule has 1 rings (SSSR count). The lowest BCUT2D eigenvalue weighted by molar-refractivity contribution is 0.0953. The van der Waals surface area contributed by atoms with Gasteiger partial charge in [-0.05, 0) is 24.4 Å². The number of amides is 1. The molecule has 0 spiro atoms. The lowest BCUT2D eigenvalue weighted by Gasteiger charge is -1.95. The number of benzene rings is 1. The molecule has 0 aliphatic heterocycles. The Bertz CT molecular complexity index is 299. The fourth-order valence-corrected chi connectivity index (χ4v) is 0.673. The number of thiol groups is 1. The first kappa shape index (κ1) is 12.9. The van der Waals surface area contributed by atoms with Crippen LogP contribution in [0.25, 0.3) is 0 Å². The molecule has 4 nitrogen and oxygen atoms in total. The lowest BCUT2D eigenvalue weighted by atomic mass is 10.2. The van der Waals surface area contributed by atoms with Crippen LogP contribution in [0.2, 0.25) is 0 Å². The lowest BCUT2D eigenvalue weighted by Crippen LogP contribution is -2.29. The van der Waals surface area contributed by atoms with E-state index in [1.54, 1.807) is 24.3 Å². The van der Waals surface area contributed by atoms with Crippen LogP contribution in [0.3, 0.4) is 0 Å². The molecule has 1 aromatic carbocycles. The van der Waals surface area contributed by atoms with E-state index in [0.717, 1.165) is 0 Å². The third-order valence-corrected chi connectivity index (χ3v) is 1.17. The zero-order valence-corrected chi connectivity index (χ0v) is 8.89. The van der Waals surface area contributed by atoms with Crippen molar-refractivity contribution in [2.75, 3.05) is 0 Å². The molecule has 0 saturated heterocycles. The molecule has 0 aliphatic rings. The molecule has 14 heavy (non-hydrogen) atoms. The first-order valence-electron chi connectivity index (χ1n) is 3.55. The molecule has 6 heteroatoms. The number of thiocarbonyl (C=S) groups is 1. The quantitative estimate of drug-likeness (QED) is 0.191. The van der Waals surface area contributed by atoms with E-state index in [2.05, 4.69) is 24.8 Å². The van der Waals surface area contributed by atoms with Gasteiger partial charge in [0.05, 0.1) is 0 Å². The summed E-state index contributed by atoms with van der Waals surface area (Å²) in [6, 6.07) is 8.80. The van der Waals surface area contributed by atoms with E-state index in [-0.39, 0.29) is 10.3 Å². The van der Waals surface area contributed by atoms with Crippen molar-refractivity contribution in [1.29, 1.82) is 0 Å². The minimum atomic E-state index is -0.306. The van der Waals surface area contributed by atoms with Crippen molar-refractivity contribution in [3.8, 4) is 0 Å². The van der Waals surface area contributed by atoms with Crippen molar-refractivity contribution in [1.82, 2.24) is 5.43 Å². The van der Waals surface area contributed by atoms with Gasteiger partial charge in [-0.1, -0.05) is 30.8 Å². The van der Waals surface area contributed by atoms with Gasteiger partial charge in [-0.15, -0.1) is 0 Å². The highest BCUT2D eigenvalue weighted by atomic mass is 32.1. The number of carbonyl (C=O) groups is 1. The van der Waals surface area contributed by atoms with Gasteiger partial charge in [0, 0.05) is 5.56 Å². The average Bonchev–Trinajstić information content (AvgIpc) is 2.17. The van der Waals surface area contributed by atoms with Gasteiger partial charge in [-0.25, -0.2) is 5.84 Å². The van der Waals surface area contributed by atoms with E-state index in [1.807, 2.05) is 11.5 Å². The summed E-state index contributed by atoms with van der Waals surface area (Å²) >= 11 is 7.21. The Morgan fingerprint density at radius 2 is 1.86 bits per heavy atom. The monoisotopic (exact) mass is 230 g/mol. The number of rotatable bonds is 1. The molecule has 0 unspecified atom stereocenters. The van der Waals surface area contributed by atoms with Crippen LogP contribution >= 0.6 is 24.8 Å². The van der Waals surface area contributed by atoms with Crippen molar-refractivity contribution >= 4 is 35.1 Å². The maximum Gasteiger partial charge on any atom is 0.265 e. The molecule has 0 aliphatic carbocycles. The van der Waals surface area contributed by atoms with Crippen molar-refractivity contribution in [2.24, 2.45) is 5.84 Å². The van der Waals surface area contributed by atoms with Crippen molar-refractivity contribution < 1.29 is 9.90 Å². The number of carbonyl (C=O) groups excluding carboxylic acids is 1. The third kappa shape index (κ3) is 6.41. The summed E-state index contributed by atoms with van der Waals surface area (Å²) in [5.74, 6) is 4.64. The summed E-state index contributed by atoms with van der Waals surface area (Å²) in [4.78, 5) is 10.8. The van der Waals surface area contributed by atoms with E-state index in [4.69, 9.17) is 10.9 Å². The van der Waals surface area contributed by atoms with Crippen molar-refractivity contribution in [2.45, 2.75) is 0 Å². The molecular formula is C8H10N2O2S2. The molecule has 0 aromatic heterocycles. The second-order valence-electron chi connectivity index (χ2n) is 2.12. The first-order valence-corrected chi connectivity index (χ1v) is 4.41. The fraction of sp³-hybridized carbons (Fsp3) is 0. The second kappa shape index (κ2) is 7.31. The third-order valence-electron chi connectivity index (χ3n) is 1.17. The van der Waals surface area contributed by atoms with Crippen LogP contribution in [0.4, 0.5) is 0 Å². The zero-order chi connectivity index (χ0) is 11.0. The number of aliphatic hydroxyl groups excluding tert-OH is 1. The summed E-state index contributed by atoms with van der Waals surface area (Å²) < 4.78 is -0.306. The average molecular weight is 230 g/mol. The van der Waals surface area contributed by atoms with Crippen LogP contribution in [0.1, 0.15) is 10.4 Å². The summed E-state index contributed by atoms with van der Waals surface area (Å²) in [6.07, 6.45) is 0. The van der Waals surface area contributed by atoms with Gasteiger partial charge in [-0.3, -0.25) is 10.2 Å². The number of aliphatic hydroxyl groups is 1.